The highest BCUT2D eigenvalue weighted by atomic mass is 15.3. The van der Waals surface area contributed by atoms with E-state index in [4.69, 9.17) is 5.73 Å². The minimum Gasteiger partial charge on any atom is -0.330 e. The number of rotatable bonds is 4. The number of nitrogens with one attached hydrogen (secondary N) is 1. The molecule has 0 unspecified atom stereocenters. The van der Waals surface area contributed by atoms with E-state index < -0.39 is 0 Å². The maximum atomic E-state index is 5.70. The highest BCUT2D eigenvalue weighted by molar-refractivity contribution is 5.61. The number of para-hydroxylation sites is 1. The summed E-state index contributed by atoms with van der Waals surface area (Å²) in [6.45, 7) is 0.559. The summed E-state index contributed by atoms with van der Waals surface area (Å²) in [6, 6.07) is 9.98. The van der Waals surface area contributed by atoms with Crippen molar-refractivity contribution in [2.75, 3.05) is 6.54 Å². The number of H-pyrrole nitrogens is 1. The van der Waals surface area contributed by atoms with E-state index in [0.29, 0.717) is 6.54 Å². The molecule has 6 heteroatoms. The van der Waals surface area contributed by atoms with Gasteiger partial charge in [0.25, 0.3) is 0 Å². The zero-order valence-corrected chi connectivity index (χ0v) is 10.3. The van der Waals surface area contributed by atoms with Gasteiger partial charge in [0, 0.05) is 12.0 Å². The summed E-state index contributed by atoms with van der Waals surface area (Å²) in [5.41, 5.74) is 9.51. The van der Waals surface area contributed by atoms with Gasteiger partial charge >= 0.3 is 0 Å². The lowest BCUT2D eigenvalue weighted by atomic mass is 10.1. The Labute approximate surface area is 110 Å². The number of benzene rings is 1. The Morgan fingerprint density at radius 3 is 2.68 bits per heavy atom. The van der Waals surface area contributed by atoms with Gasteiger partial charge in [-0.3, -0.25) is 0 Å². The summed E-state index contributed by atoms with van der Waals surface area (Å²) in [4.78, 5) is 0. The Hall–Kier alpha value is -2.47. The van der Waals surface area contributed by atoms with Crippen LogP contribution < -0.4 is 5.73 Å². The van der Waals surface area contributed by atoms with Gasteiger partial charge in [-0.25, -0.2) is 4.68 Å². The quantitative estimate of drug-likeness (QED) is 0.731. The lowest BCUT2D eigenvalue weighted by Gasteiger charge is -2.07. The third-order valence-electron chi connectivity index (χ3n) is 2.94. The zero-order chi connectivity index (χ0) is 13.1. The largest absolute Gasteiger partial charge is 0.330 e. The van der Waals surface area contributed by atoms with E-state index in [-0.39, 0.29) is 0 Å². The number of hydrogen-bond acceptors (Lipinski definition) is 4. The standard InChI is InChI=1S/C13H14N6/c14-7-6-13-11(12-9-15-18-17-12)8-16-19(13)10-4-2-1-3-5-10/h1-5,8-9H,6-7,14H2,(H,15,17,18). The van der Waals surface area contributed by atoms with Gasteiger partial charge in [0.05, 0.1) is 23.8 Å². The van der Waals surface area contributed by atoms with Crippen molar-refractivity contribution in [1.29, 1.82) is 0 Å². The molecule has 0 amide bonds. The van der Waals surface area contributed by atoms with Crippen molar-refractivity contribution in [1.82, 2.24) is 25.2 Å². The lowest BCUT2D eigenvalue weighted by Crippen LogP contribution is -2.09. The fourth-order valence-corrected chi connectivity index (χ4v) is 2.09. The second-order valence-corrected chi connectivity index (χ2v) is 4.15. The van der Waals surface area contributed by atoms with Crippen LogP contribution in [0.2, 0.25) is 0 Å². The molecule has 6 nitrogen and oxygen atoms in total. The van der Waals surface area contributed by atoms with E-state index in [2.05, 4.69) is 20.5 Å². The monoisotopic (exact) mass is 254 g/mol. The lowest BCUT2D eigenvalue weighted by molar-refractivity contribution is 0.791. The summed E-state index contributed by atoms with van der Waals surface area (Å²) < 4.78 is 1.90. The second-order valence-electron chi connectivity index (χ2n) is 4.15. The summed E-state index contributed by atoms with van der Waals surface area (Å²) in [5, 5.41) is 15.0. The topological polar surface area (TPSA) is 85.4 Å². The van der Waals surface area contributed by atoms with Crippen LogP contribution in [0.4, 0.5) is 0 Å². The van der Waals surface area contributed by atoms with Gasteiger partial charge in [0.15, 0.2) is 0 Å². The molecular weight excluding hydrogens is 240 g/mol. The van der Waals surface area contributed by atoms with Gasteiger partial charge in [0.2, 0.25) is 0 Å². The molecule has 0 aliphatic heterocycles. The van der Waals surface area contributed by atoms with Gasteiger partial charge in [-0.1, -0.05) is 18.2 Å². The average molecular weight is 254 g/mol. The summed E-state index contributed by atoms with van der Waals surface area (Å²) in [5.74, 6) is 0. The normalized spacial score (nSPS) is 10.8. The fourth-order valence-electron chi connectivity index (χ4n) is 2.09. The average Bonchev–Trinajstić information content (AvgIpc) is 3.09. The third kappa shape index (κ3) is 2.13. The molecular formula is C13H14N6. The molecule has 2 heterocycles. The number of aromatic amines is 1. The number of hydrogen-bond donors (Lipinski definition) is 2. The van der Waals surface area contributed by atoms with Crippen molar-refractivity contribution >= 4 is 0 Å². The van der Waals surface area contributed by atoms with E-state index in [9.17, 15) is 0 Å². The first-order valence-corrected chi connectivity index (χ1v) is 6.08. The Balaban J connectivity index is 2.11. The molecule has 0 fully saturated rings. The molecule has 0 saturated carbocycles. The summed E-state index contributed by atoms with van der Waals surface area (Å²) >= 11 is 0. The van der Waals surface area contributed by atoms with Gasteiger partial charge in [-0.05, 0) is 18.7 Å². The molecule has 1 aromatic carbocycles. The third-order valence-corrected chi connectivity index (χ3v) is 2.94. The Morgan fingerprint density at radius 1 is 1.16 bits per heavy atom. The van der Waals surface area contributed by atoms with Gasteiger partial charge < -0.3 is 5.73 Å². The van der Waals surface area contributed by atoms with E-state index >= 15 is 0 Å². The smallest absolute Gasteiger partial charge is 0.116 e. The zero-order valence-electron chi connectivity index (χ0n) is 10.3. The van der Waals surface area contributed by atoms with E-state index in [1.54, 1.807) is 12.4 Å². The van der Waals surface area contributed by atoms with Crippen molar-refractivity contribution in [2.24, 2.45) is 5.73 Å². The molecule has 2 aromatic heterocycles. The van der Waals surface area contributed by atoms with Gasteiger partial charge in [-0.2, -0.15) is 20.5 Å². The predicted molar refractivity (Wildman–Crippen MR) is 71.7 cm³/mol. The van der Waals surface area contributed by atoms with Gasteiger partial charge in [-0.15, -0.1) is 0 Å². The van der Waals surface area contributed by atoms with Crippen LogP contribution in [0.3, 0.4) is 0 Å². The molecule has 0 saturated heterocycles. The van der Waals surface area contributed by atoms with Gasteiger partial charge in [0.1, 0.15) is 5.69 Å². The van der Waals surface area contributed by atoms with Crippen LogP contribution in [0.1, 0.15) is 5.69 Å². The highest BCUT2D eigenvalue weighted by Crippen LogP contribution is 2.23. The Bertz CT molecular complexity index is 641. The molecule has 0 aliphatic carbocycles. The number of aromatic nitrogens is 5. The number of nitrogens with zero attached hydrogens (tertiary/aromatic N) is 4. The van der Waals surface area contributed by atoms with E-state index in [0.717, 1.165) is 29.1 Å². The summed E-state index contributed by atoms with van der Waals surface area (Å²) in [7, 11) is 0. The van der Waals surface area contributed by atoms with Crippen molar-refractivity contribution < 1.29 is 0 Å². The van der Waals surface area contributed by atoms with E-state index in [1.165, 1.54) is 0 Å². The van der Waals surface area contributed by atoms with Crippen molar-refractivity contribution in [2.45, 2.75) is 6.42 Å². The van der Waals surface area contributed by atoms with Crippen LogP contribution in [0.5, 0.6) is 0 Å². The summed E-state index contributed by atoms with van der Waals surface area (Å²) in [6.07, 6.45) is 4.22. The molecule has 0 atom stereocenters. The second kappa shape index (κ2) is 5.03. The number of nitrogens with two attached hydrogens (primary N) is 1. The fraction of sp³-hybridized carbons (Fsp3) is 0.154. The van der Waals surface area contributed by atoms with Crippen LogP contribution >= 0.6 is 0 Å². The van der Waals surface area contributed by atoms with Crippen molar-refractivity contribution in [3.05, 3.63) is 48.4 Å². The predicted octanol–water partition coefficient (Wildman–Crippen LogP) is 1.16. The minimum atomic E-state index is 0.559. The minimum absolute atomic E-state index is 0.559. The maximum Gasteiger partial charge on any atom is 0.116 e. The maximum absolute atomic E-state index is 5.70. The first kappa shape index (κ1) is 11.6. The van der Waals surface area contributed by atoms with Crippen LogP contribution in [0, 0.1) is 0 Å². The molecule has 19 heavy (non-hydrogen) atoms. The SMILES string of the molecule is NCCc1c(-c2cn[nH]n2)cnn1-c1ccccc1. The van der Waals surface area contributed by atoms with Crippen LogP contribution in [0.15, 0.2) is 42.7 Å². The van der Waals surface area contributed by atoms with Crippen LogP contribution in [-0.4, -0.2) is 31.7 Å². The molecule has 0 radical (unpaired) electrons. The van der Waals surface area contributed by atoms with Crippen LogP contribution in [0.25, 0.3) is 16.9 Å². The Kier molecular flexibility index (Phi) is 3.07. The highest BCUT2D eigenvalue weighted by Gasteiger charge is 2.14. The molecule has 0 spiro atoms. The molecule has 0 aliphatic rings. The first-order valence-electron chi connectivity index (χ1n) is 6.08. The molecule has 3 N–H and O–H groups in total. The van der Waals surface area contributed by atoms with Crippen molar-refractivity contribution in [3.63, 3.8) is 0 Å². The first-order chi connectivity index (χ1) is 9.40. The van der Waals surface area contributed by atoms with Crippen molar-refractivity contribution in [3.8, 4) is 16.9 Å². The molecule has 3 aromatic rings. The molecule has 0 bridgehead atoms. The van der Waals surface area contributed by atoms with E-state index in [1.807, 2.05) is 35.0 Å². The van der Waals surface area contributed by atoms with Crippen LogP contribution in [-0.2, 0) is 6.42 Å². The molecule has 3 rings (SSSR count). The Morgan fingerprint density at radius 2 is 2.00 bits per heavy atom. The molecule has 96 valence electrons.